The normalized spacial score (nSPS) is 16.0. The van der Waals surface area contributed by atoms with E-state index in [-0.39, 0.29) is 6.04 Å². The third-order valence-corrected chi connectivity index (χ3v) is 3.00. The van der Waals surface area contributed by atoms with E-state index in [0.29, 0.717) is 5.88 Å². The van der Waals surface area contributed by atoms with Gasteiger partial charge in [0.2, 0.25) is 5.88 Å². The van der Waals surface area contributed by atoms with Crippen molar-refractivity contribution >= 4 is 16.7 Å². The van der Waals surface area contributed by atoms with Crippen molar-refractivity contribution in [3.05, 3.63) is 24.4 Å². The number of fused-ring (bicyclic) bond motifs is 1. The summed E-state index contributed by atoms with van der Waals surface area (Å²) >= 11 is 0. The van der Waals surface area contributed by atoms with E-state index in [0.717, 1.165) is 29.8 Å². The number of hydrogen-bond acceptors (Lipinski definition) is 5. The van der Waals surface area contributed by atoms with Crippen LogP contribution in [0.3, 0.4) is 0 Å². The SMILES string of the molecule is COc1ccc2nccc(N3CC(N)C3)c2n1. The predicted molar refractivity (Wildman–Crippen MR) is 66.3 cm³/mol. The van der Waals surface area contributed by atoms with Crippen LogP contribution in [0.2, 0.25) is 0 Å². The monoisotopic (exact) mass is 230 g/mol. The number of ether oxygens (including phenoxy) is 1. The van der Waals surface area contributed by atoms with Gasteiger partial charge in [-0.25, -0.2) is 4.98 Å². The first kappa shape index (κ1) is 10.3. The van der Waals surface area contributed by atoms with Crippen LogP contribution in [0.4, 0.5) is 5.69 Å². The fraction of sp³-hybridized carbons (Fsp3) is 0.333. The molecule has 0 bridgehead atoms. The zero-order chi connectivity index (χ0) is 11.8. The number of pyridine rings is 2. The van der Waals surface area contributed by atoms with E-state index >= 15 is 0 Å². The van der Waals surface area contributed by atoms with Gasteiger partial charge in [-0.05, 0) is 12.1 Å². The van der Waals surface area contributed by atoms with Crippen molar-refractivity contribution in [1.82, 2.24) is 9.97 Å². The van der Waals surface area contributed by atoms with Gasteiger partial charge in [-0.15, -0.1) is 0 Å². The van der Waals surface area contributed by atoms with Gasteiger partial charge in [-0.3, -0.25) is 4.98 Å². The summed E-state index contributed by atoms with van der Waals surface area (Å²) in [7, 11) is 1.61. The lowest BCUT2D eigenvalue weighted by Gasteiger charge is -2.38. The lowest BCUT2D eigenvalue weighted by molar-refractivity contribution is 0.399. The van der Waals surface area contributed by atoms with Crippen molar-refractivity contribution in [1.29, 1.82) is 0 Å². The zero-order valence-electron chi connectivity index (χ0n) is 9.63. The van der Waals surface area contributed by atoms with Gasteiger partial charge in [0.05, 0.1) is 18.3 Å². The zero-order valence-corrected chi connectivity index (χ0v) is 9.63. The number of anilines is 1. The van der Waals surface area contributed by atoms with Gasteiger partial charge < -0.3 is 15.4 Å². The second-order valence-electron chi connectivity index (χ2n) is 4.22. The van der Waals surface area contributed by atoms with Gasteiger partial charge in [-0.1, -0.05) is 0 Å². The minimum absolute atomic E-state index is 0.267. The number of nitrogens with two attached hydrogens (primary N) is 1. The van der Waals surface area contributed by atoms with Crippen molar-refractivity contribution in [2.75, 3.05) is 25.1 Å². The Labute approximate surface area is 99.2 Å². The Morgan fingerprint density at radius 2 is 2.18 bits per heavy atom. The highest BCUT2D eigenvalue weighted by Gasteiger charge is 2.25. The molecule has 0 aromatic carbocycles. The van der Waals surface area contributed by atoms with Crippen LogP contribution in [-0.2, 0) is 0 Å². The molecule has 5 heteroatoms. The molecule has 3 heterocycles. The molecule has 1 aliphatic rings. The van der Waals surface area contributed by atoms with Gasteiger partial charge in [0, 0.05) is 31.4 Å². The van der Waals surface area contributed by atoms with E-state index in [1.165, 1.54) is 0 Å². The molecule has 17 heavy (non-hydrogen) atoms. The van der Waals surface area contributed by atoms with Gasteiger partial charge in [0.15, 0.2) is 0 Å². The van der Waals surface area contributed by atoms with Crippen LogP contribution in [0, 0.1) is 0 Å². The molecular formula is C12H14N4O. The Balaban J connectivity index is 2.10. The maximum absolute atomic E-state index is 5.80. The van der Waals surface area contributed by atoms with Crippen molar-refractivity contribution in [2.45, 2.75) is 6.04 Å². The molecule has 0 aliphatic carbocycles. The lowest BCUT2D eigenvalue weighted by Crippen LogP contribution is -2.56. The van der Waals surface area contributed by atoms with Crippen LogP contribution in [0.25, 0.3) is 11.0 Å². The second kappa shape index (κ2) is 3.85. The van der Waals surface area contributed by atoms with Gasteiger partial charge in [-0.2, -0.15) is 0 Å². The molecule has 0 spiro atoms. The van der Waals surface area contributed by atoms with Crippen LogP contribution in [-0.4, -0.2) is 36.2 Å². The molecule has 88 valence electrons. The molecule has 2 N–H and O–H groups in total. The number of hydrogen-bond donors (Lipinski definition) is 1. The molecule has 0 unspecified atom stereocenters. The minimum Gasteiger partial charge on any atom is -0.481 e. The highest BCUT2D eigenvalue weighted by atomic mass is 16.5. The number of nitrogens with zero attached hydrogens (tertiary/aromatic N) is 3. The Kier molecular flexibility index (Phi) is 2.33. The third-order valence-electron chi connectivity index (χ3n) is 3.00. The molecule has 0 radical (unpaired) electrons. The van der Waals surface area contributed by atoms with Crippen LogP contribution in [0.15, 0.2) is 24.4 Å². The highest BCUT2D eigenvalue weighted by molar-refractivity contribution is 5.88. The largest absolute Gasteiger partial charge is 0.481 e. The summed E-state index contributed by atoms with van der Waals surface area (Å²) < 4.78 is 5.15. The molecule has 2 aromatic rings. The van der Waals surface area contributed by atoms with Gasteiger partial charge in [0.25, 0.3) is 0 Å². The first-order valence-corrected chi connectivity index (χ1v) is 5.58. The molecular weight excluding hydrogens is 216 g/mol. The molecule has 1 aliphatic heterocycles. The molecule has 1 saturated heterocycles. The Morgan fingerprint density at radius 3 is 2.88 bits per heavy atom. The summed E-state index contributed by atoms with van der Waals surface area (Å²) in [6, 6.07) is 5.98. The first-order valence-electron chi connectivity index (χ1n) is 5.58. The minimum atomic E-state index is 0.267. The van der Waals surface area contributed by atoms with Crippen molar-refractivity contribution in [3.63, 3.8) is 0 Å². The predicted octanol–water partition coefficient (Wildman–Crippen LogP) is 0.786. The smallest absolute Gasteiger partial charge is 0.213 e. The molecule has 0 saturated carbocycles. The fourth-order valence-corrected chi connectivity index (χ4v) is 2.07. The summed E-state index contributed by atoms with van der Waals surface area (Å²) in [5.74, 6) is 0.608. The Morgan fingerprint density at radius 1 is 1.35 bits per heavy atom. The maximum atomic E-state index is 5.80. The average Bonchev–Trinajstić information content (AvgIpc) is 2.34. The first-order chi connectivity index (χ1) is 8.28. The molecule has 3 rings (SSSR count). The van der Waals surface area contributed by atoms with Crippen molar-refractivity contribution in [2.24, 2.45) is 5.73 Å². The van der Waals surface area contributed by atoms with Crippen LogP contribution in [0.5, 0.6) is 5.88 Å². The van der Waals surface area contributed by atoms with Crippen LogP contribution < -0.4 is 15.4 Å². The summed E-state index contributed by atoms with van der Waals surface area (Å²) in [4.78, 5) is 11.0. The summed E-state index contributed by atoms with van der Waals surface area (Å²) in [6.45, 7) is 1.75. The van der Waals surface area contributed by atoms with Gasteiger partial charge in [0.1, 0.15) is 5.52 Å². The lowest BCUT2D eigenvalue weighted by atomic mass is 10.1. The number of methoxy groups -OCH3 is 1. The van der Waals surface area contributed by atoms with Crippen molar-refractivity contribution < 1.29 is 4.74 Å². The quantitative estimate of drug-likeness (QED) is 0.826. The summed E-state index contributed by atoms with van der Waals surface area (Å²) in [6.07, 6.45) is 1.80. The summed E-state index contributed by atoms with van der Waals surface area (Å²) in [5.41, 5.74) is 8.64. The fourth-order valence-electron chi connectivity index (χ4n) is 2.07. The molecule has 0 atom stereocenters. The van der Waals surface area contributed by atoms with Gasteiger partial charge >= 0.3 is 0 Å². The Bertz CT molecular complexity index is 551. The standard InChI is InChI=1S/C12H14N4O/c1-17-11-3-2-9-12(15-11)10(4-5-14-9)16-6-8(13)7-16/h2-5,8H,6-7,13H2,1H3. The summed E-state index contributed by atoms with van der Waals surface area (Å²) in [5, 5.41) is 0. The molecule has 0 amide bonds. The van der Waals surface area contributed by atoms with Crippen LogP contribution in [0.1, 0.15) is 0 Å². The van der Waals surface area contributed by atoms with Crippen molar-refractivity contribution in [3.8, 4) is 5.88 Å². The highest BCUT2D eigenvalue weighted by Crippen LogP contribution is 2.28. The van der Waals surface area contributed by atoms with E-state index in [1.807, 2.05) is 18.2 Å². The number of aromatic nitrogens is 2. The average molecular weight is 230 g/mol. The van der Waals surface area contributed by atoms with E-state index in [1.54, 1.807) is 13.3 Å². The van der Waals surface area contributed by atoms with Crippen LogP contribution >= 0.6 is 0 Å². The Hall–Kier alpha value is -1.88. The maximum Gasteiger partial charge on any atom is 0.213 e. The molecule has 2 aromatic heterocycles. The van der Waals surface area contributed by atoms with E-state index < -0.39 is 0 Å². The third kappa shape index (κ3) is 1.68. The number of rotatable bonds is 2. The molecule has 1 fully saturated rings. The second-order valence-corrected chi connectivity index (χ2v) is 4.22. The van der Waals surface area contributed by atoms with E-state index in [9.17, 15) is 0 Å². The topological polar surface area (TPSA) is 64.3 Å². The molecule has 5 nitrogen and oxygen atoms in total. The van der Waals surface area contributed by atoms with E-state index in [2.05, 4.69) is 14.9 Å². The van der Waals surface area contributed by atoms with E-state index in [4.69, 9.17) is 10.5 Å².